The Balaban J connectivity index is 0.000000697. The van der Waals surface area contributed by atoms with Crippen LogP contribution in [0.1, 0.15) is 11.5 Å². The van der Waals surface area contributed by atoms with E-state index in [0.29, 0.717) is 0 Å². The van der Waals surface area contributed by atoms with E-state index in [0.717, 1.165) is 7.11 Å². The molecular formula is C11H16F3N3O7S. The number of nitrogens with one attached hydrogen (secondary N) is 1. The zero-order valence-electron chi connectivity index (χ0n) is 13.2. The quantitative estimate of drug-likeness (QED) is 0.572. The van der Waals surface area contributed by atoms with Crippen LogP contribution in [0.25, 0.3) is 0 Å². The third kappa shape index (κ3) is 6.67. The number of hydrogen-bond donors (Lipinski definition) is 3. The van der Waals surface area contributed by atoms with Crippen LogP contribution in [-0.4, -0.2) is 56.5 Å². The van der Waals surface area contributed by atoms with E-state index in [9.17, 15) is 26.4 Å². The number of aliphatic carboxylic acids is 1. The van der Waals surface area contributed by atoms with Crippen LogP contribution >= 0.6 is 0 Å². The molecule has 0 aliphatic heterocycles. The van der Waals surface area contributed by atoms with Gasteiger partial charge in [0.2, 0.25) is 10.0 Å². The van der Waals surface area contributed by atoms with Crippen LogP contribution in [0.3, 0.4) is 0 Å². The molecule has 0 saturated heterocycles. The maximum absolute atomic E-state index is 12.1. The summed E-state index contributed by atoms with van der Waals surface area (Å²) in [4.78, 5) is 20.1. The number of carbonyl (C=O) groups is 2. The van der Waals surface area contributed by atoms with E-state index in [1.165, 1.54) is 13.8 Å². The van der Waals surface area contributed by atoms with Gasteiger partial charge in [0.15, 0.2) is 5.76 Å². The summed E-state index contributed by atoms with van der Waals surface area (Å²) < 4.78 is 67.2. The average molecular weight is 391 g/mol. The Kier molecular flexibility index (Phi) is 8.01. The summed E-state index contributed by atoms with van der Waals surface area (Å²) in [7, 11) is -2.78. The third-order valence-corrected chi connectivity index (χ3v) is 4.21. The van der Waals surface area contributed by atoms with Crippen molar-refractivity contribution in [3.63, 3.8) is 0 Å². The molecule has 0 aliphatic rings. The number of nitrogens with two attached hydrogens (primary N) is 1. The summed E-state index contributed by atoms with van der Waals surface area (Å²) in [6.07, 6.45) is -5.08. The van der Waals surface area contributed by atoms with Crippen molar-refractivity contribution in [2.24, 2.45) is 5.73 Å². The van der Waals surface area contributed by atoms with Gasteiger partial charge in [0.1, 0.15) is 16.6 Å². The Morgan fingerprint density at radius 1 is 1.40 bits per heavy atom. The van der Waals surface area contributed by atoms with Gasteiger partial charge in [-0.15, -0.1) is 0 Å². The number of alkyl halides is 3. The SMILES string of the molecule is COC(=O)[C@H](CN)NS(=O)(=O)c1c(C)noc1C.O=C(O)C(F)(F)F. The van der Waals surface area contributed by atoms with Gasteiger partial charge in [-0.3, -0.25) is 4.79 Å². The highest BCUT2D eigenvalue weighted by Gasteiger charge is 2.38. The molecular weight excluding hydrogens is 375 g/mol. The van der Waals surface area contributed by atoms with Crippen LogP contribution < -0.4 is 10.5 Å². The minimum atomic E-state index is -5.08. The predicted molar refractivity (Wildman–Crippen MR) is 74.8 cm³/mol. The van der Waals surface area contributed by atoms with Crippen LogP contribution in [0.2, 0.25) is 0 Å². The Bertz CT molecular complexity index is 695. The van der Waals surface area contributed by atoms with Crippen LogP contribution in [-0.2, 0) is 24.3 Å². The number of rotatable bonds is 5. The van der Waals surface area contributed by atoms with Gasteiger partial charge in [0.05, 0.1) is 7.11 Å². The lowest BCUT2D eigenvalue weighted by molar-refractivity contribution is -0.192. The highest BCUT2D eigenvalue weighted by Crippen LogP contribution is 2.18. The number of esters is 1. The van der Waals surface area contributed by atoms with E-state index < -0.39 is 34.2 Å². The average Bonchev–Trinajstić information content (AvgIpc) is 2.83. The van der Waals surface area contributed by atoms with Crippen molar-refractivity contribution >= 4 is 22.0 Å². The lowest BCUT2D eigenvalue weighted by atomic mass is 10.3. The Labute approximate surface area is 140 Å². The van der Waals surface area contributed by atoms with Crippen LogP contribution in [0.15, 0.2) is 9.42 Å². The number of ether oxygens (including phenoxy) is 1. The number of nitrogens with zero attached hydrogens (tertiary/aromatic N) is 1. The summed E-state index contributed by atoms with van der Waals surface area (Å²) in [5.74, 6) is -3.37. The maximum atomic E-state index is 12.1. The number of carbonyl (C=O) groups excluding carboxylic acids is 1. The summed E-state index contributed by atoms with van der Waals surface area (Å²) in [6, 6.07) is -1.14. The first-order chi connectivity index (χ1) is 11.3. The van der Waals surface area contributed by atoms with E-state index in [4.69, 9.17) is 20.2 Å². The van der Waals surface area contributed by atoms with Crippen molar-refractivity contribution in [2.45, 2.75) is 31.0 Å². The first-order valence-electron chi connectivity index (χ1n) is 6.31. The number of halogens is 3. The minimum Gasteiger partial charge on any atom is -0.475 e. The summed E-state index contributed by atoms with van der Waals surface area (Å²) in [6.45, 7) is 2.74. The standard InChI is InChI=1S/C9H15N3O5S.C2HF3O2/c1-5-8(6(2)17-11-5)18(14,15)12-7(4-10)9(13)16-3;3-2(4,5)1(6)7/h7,12H,4,10H2,1-3H3;(H,6,7)/t7-;/m0./s1. The molecule has 0 saturated carbocycles. The van der Waals surface area contributed by atoms with Gasteiger partial charge < -0.3 is 20.1 Å². The van der Waals surface area contributed by atoms with Crippen molar-refractivity contribution < 1.29 is 45.5 Å². The monoisotopic (exact) mass is 391 g/mol. The van der Waals surface area contributed by atoms with Crippen LogP contribution in [0.5, 0.6) is 0 Å². The number of hydrogen-bond acceptors (Lipinski definition) is 8. The molecule has 1 aromatic rings. The maximum Gasteiger partial charge on any atom is 0.490 e. The lowest BCUT2D eigenvalue weighted by Crippen LogP contribution is -2.46. The molecule has 14 heteroatoms. The van der Waals surface area contributed by atoms with Gasteiger partial charge in [-0.2, -0.15) is 17.9 Å². The second kappa shape index (κ2) is 8.77. The van der Waals surface area contributed by atoms with E-state index in [2.05, 4.69) is 14.6 Å². The van der Waals surface area contributed by atoms with Gasteiger partial charge in [-0.05, 0) is 13.8 Å². The number of aryl methyl sites for hydroxylation is 2. The number of aromatic nitrogens is 1. The molecule has 0 radical (unpaired) electrons. The number of methoxy groups -OCH3 is 1. The second-order valence-corrected chi connectivity index (χ2v) is 6.04. The van der Waals surface area contributed by atoms with Crippen LogP contribution in [0.4, 0.5) is 13.2 Å². The molecule has 4 N–H and O–H groups in total. The lowest BCUT2D eigenvalue weighted by Gasteiger charge is -2.14. The highest BCUT2D eigenvalue weighted by molar-refractivity contribution is 7.89. The van der Waals surface area contributed by atoms with Gasteiger partial charge in [0.25, 0.3) is 0 Å². The van der Waals surface area contributed by atoms with Crippen molar-refractivity contribution in [1.29, 1.82) is 0 Å². The minimum absolute atomic E-state index is 0.0927. The first kappa shape index (κ1) is 22.8. The molecule has 0 bridgehead atoms. The number of carboxylic acid groups (broad SMARTS) is 1. The number of carboxylic acids is 1. The molecule has 0 amide bonds. The summed E-state index contributed by atoms with van der Waals surface area (Å²) in [5.41, 5.74) is 5.53. The highest BCUT2D eigenvalue weighted by atomic mass is 32.2. The number of sulfonamides is 1. The smallest absolute Gasteiger partial charge is 0.475 e. The fourth-order valence-electron chi connectivity index (χ4n) is 1.44. The van der Waals surface area contributed by atoms with Gasteiger partial charge >= 0.3 is 18.1 Å². The molecule has 0 aliphatic carbocycles. The van der Waals surface area contributed by atoms with Crippen molar-refractivity contribution in [2.75, 3.05) is 13.7 Å². The first-order valence-corrected chi connectivity index (χ1v) is 7.79. The van der Waals surface area contributed by atoms with E-state index in [1.54, 1.807) is 0 Å². The zero-order valence-corrected chi connectivity index (χ0v) is 14.1. The Morgan fingerprint density at radius 2 is 1.88 bits per heavy atom. The molecule has 1 atom stereocenters. The third-order valence-electron chi connectivity index (χ3n) is 2.50. The molecule has 25 heavy (non-hydrogen) atoms. The Hall–Kier alpha value is -2.19. The molecule has 1 heterocycles. The molecule has 0 fully saturated rings. The predicted octanol–water partition coefficient (Wildman–Crippen LogP) is -0.297. The van der Waals surface area contributed by atoms with Crippen LogP contribution in [0, 0.1) is 13.8 Å². The fraction of sp³-hybridized carbons (Fsp3) is 0.545. The molecule has 1 aromatic heterocycles. The van der Waals surface area contributed by atoms with E-state index in [-0.39, 0.29) is 22.9 Å². The van der Waals surface area contributed by atoms with Gasteiger partial charge in [-0.25, -0.2) is 13.2 Å². The zero-order chi connectivity index (χ0) is 20.0. The second-order valence-electron chi connectivity index (χ2n) is 4.39. The van der Waals surface area contributed by atoms with Crippen molar-refractivity contribution in [3.8, 4) is 0 Å². The fourth-order valence-corrected chi connectivity index (χ4v) is 2.97. The molecule has 0 spiro atoms. The van der Waals surface area contributed by atoms with Gasteiger partial charge in [0, 0.05) is 6.54 Å². The topological polar surface area (TPSA) is 162 Å². The molecule has 144 valence electrons. The normalized spacial score (nSPS) is 12.8. The summed E-state index contributed by atoms with van der Waals surface area (Å²) in [5, 5.41) is 10.7. The molecule has 10 nitrogen and oxygen atoms in total. The molecule has 0 unspecified atom stereocenters. The summed E-state index contributed by atoms with van der Waals surface area (Å²) >= 11 is 0. The van der Waals surface area contributed by atoms with Crippen molar-refractivity contribution in [3.05, 3.63) is 11.5 Å². The molecule has 0 aromatic carbocycles. The van der Waals surface area contributed by atoms with Gasteiger partial charge in [-0.1, -0.05) is 5.16 Å². The van der Waals surface area contributed by atoms with Crippen molar-refractivity contribution in [1.82, 2.24) is 9.88 Å². The largest absolute Gasteiger partial charge is 0.490 e. The van der Waals surface area contributed by atoms with E-state index >= 15 is 0 Å². The molecule has 1 rings (SSSR count). The van der Waals surface area contributed by atoms with E-state index in [1.807, 2.05) is 0 Å². The Morgan fingerprint density at radius 3 is 2.16 bits per heavy atom.